The fourth-order valence-electron chi connectivity index (χ4n) is 1.70. The molecule has 0 unspecified atom stereocenters. The SMILES string of the molecule is C=CC(C=C)CCCCCOc1ccccc1. The average molecular weight is 230 g/mol. The molecule has 0 bridgehead atoms. The summed E-state index contributed by atoms with van der Waals surface area (Å²) in [5.41, 5.74) is 0. The summed E-state index contributed by atoms with van der Waals surface area (Å²) in [6, 6.07) is 9.97. The topological polar surface area (TPSA) is 9.23 Å². The van der Waals surface area contributed by atoms with Crippen LogP contribution in [0.2, 0.25) is 0 Å². The van der Waals surface area contributed by atoms with Gasteiger partial charge in [-0.15, -0.1) is 13.2 Å². The number of ether oxygens (including phenoxy) is 1. The number of rotatable bonds is 9. The third kappa shape index (κ3) is 5.96. The van der Waals surface area contributed by atoms with Crippen LogP contribution in [0, 0.1) is 5.92 Å². The summed E-state index contributed by atoms with van der Waals surface area (Å²) >= 11 is 0. The number of allylic oxidation sites excluding steroid dienone is 2. The van der Waals surface area contributed by atoms with Crippen LogP contribution in [0.4, 0.5) is 0 Å². The predicted molar refractivity (Wildman–Crippen MR) is 74.3 cm³/mol. The molecule has 0 saturated heterocycles. The second-order valence-electron chi connectivity index (χ2n) is 4.15. The molecule has 0 atom stereocenters. The summed E-state index contributed by atoms with van der Waals surface area (Å²) in [6.45, 7) is 8.38. The summed E-state index contributed by atoms with van der Waals surface area (Å²) in [7, 11) is 0. The van der Waals surface area contributed by atoms with Crippen LogP contribution in [0.1, 0.15) is 25.7 Å². The first-order valence-electron chi connectivity index (χ1n) is 6.29. The molecule has 1 heteroatoms. The van der Waals surface area contributed by atoms with E-state index in [1.807, 2.05) is 42.5 Å². The third-order valence-electron chi connectivity index (χ3n) is 2.80. The van der Waals surface area contributed by atoms with E-state index in [2.05, 4.69) is 13.2 Å². The summed E-state index contributed by atoms with van der Waals surface area (Å²) in [4.78, 5) is 0. The highest BCUT2D eigenvalue weighted by molar-refractivity contribution is 5.20. The first-order valence-corrected chi connectivity index (χ1v) is 6.29. The molecule has 1 aromatic carbocycles. The Morgan fingerprint density at radius 1 is 1.00 bits per heavy atom. The normalized spacial score (nSPS) is 10.2. The number of hydrogen-bond acceptors (Lipinski definition) is 1. The molecule has 0 amide bonds. The van der Waals surface area contributed by atoms with Gasteiger partial charge in [-0.2, -0.15) is 0 Å². The van der Waals surface area contributed by atoms with E-state index in [1.165, 1.54) is 12.8 Å². The van der Waals surface area contributed by atoms with Crippen molar-refractivity contribution in [3.05, 3.63) is 55.6 Å². The Bertz CT molecular complexity index is 308. The van der Waals surface area contributed by atoms with Crippen molar-refractivity contribution in [1.29, 1.82) is 0 Å². The summed E-state index contributed by atoms with van der Waals surface area (Å²) in [5, 5.41) is 0. The van der Waals surface area contributed by atoms with E-state index in [0.29, 0.717) is 5.92 Å². The van der Waals surface area contributed by atoms with Crippen molar-refractivity contribution in [1.82, 2.24) is 0 Å². The summed E-state index contributed by atoms with van der Waals surface area (Å²) in [6.07, 6.45) is 8.60. The van der Waals surface area contributed by atoms with Crippen molar-refractivity contribution >= 4 is 0 Å². The molecule has 0 radical (unpaired) electrons. The fraction of sp³-hybridized carbons (Fsp3) is 0.375. The summed E-state index contributed by atoms with van der Waals surface area (Å²) < 4.78 is 5.63. The van der Waals surface area contributed by atoms with E-state index in [0.717, 1.165) is 25.2 Å². The minimum atomic E-state index is 0.463. The maximum Gasteiger partial charge on any atom is 0.119 e. The van der Waals surface area contributed by atoms with Gasteiger partial charge in [-0.25, -0.2) is 0 Å². The van der Waals surface area contributed by atoms with E-state index in [1.54, 1.807) is 0 Å². The van der Waals surface area contributed by atoms with Crippen LogP contribution in [0.25, 0.3) is 0 Å². The van der Waals surface area contributed by atoms with Gasteiger partial charge in [-0.05, 0) is 30.9 Å². The van der Waals surface area contributed by atoms with Crippen LogP contribution < -0.4 is 4.74 Å². The van der Waals surface area contributed by atoms with Crippen LogP contribution in [0.15, 0.2) is 55.6 Å². The Hall–Kier alpha value is -1.50. The van der Waals surface area contributed by atoms with Crippen molar-refractivity contribution in [2.24, 2.45) is 5.92 Å². The van der Waals surface area contributed by atoms with E-state index < -0.39 is 0 Å². The standard InChI is InChI=1S/C16H22O/c1-3-15(4-2)11-7-6-10-14-17-16-12-8-5-9-13-16/h3-5,8-9,12-13,15H,1-2,6-7,10-11,14H2. The molecule has 0 N–H and O–H groups in total. The van der Waals surface area contributed by atoms with Crippen molar-refractivity contribution in [3.63, 3.8) is 0 Å². The molecule has 92 valence electrons. The Kier molecular flexibility index (Phi) is 6.89. The second-order valence-corrected chi connectivity index (χ2v) is 4.15. The molecule has 0 saturated carbocycles. The lowest BCUT2D eigenvalue weighted by Crippen LogP contribution is -1.98. The highest BCUT2D eigenvalue weighted by Crippen LogP contribution is 2.13. The molecule has 0 aliphatic heterocycles. The number of hydrogen-bond donors (Lipinski definition) is 0. The lowest BCUT2D eigenvalue weighted by atomic mass is 10.0. The molecule has 1 nitrogen and oxygen atoms in total. The maximum absolute atomic E-state index is 5.63. The second kappa shape index (κ2) is 8.63. The molecule has 0 aromatic heterocycles. The van der Waals surface area contributed by atoms with Gasteiger partial charge in [0, 0.05) is 0 Å². The summed E-state index contributed by atoms with van der Waals surface area (Å²) in [5.74, 6) is 1.42. The predicted octanol–water partition coefficient (Wildman–Crippen LogP) is 4.61. The van der Waals surface area contributed by atoms with Crippen LogP contribution in [-0.4, -0.2) is 6.61 Å². The minimum absolute atomic E-state index is 0.463. The number of unbranched alkanes of at least 4 members (excludes halogenated alkanes) is 2. The van der Waals surface area contributed by atoms with E-state index >= 15 is 0 Å². The number of benzene rings is 1. The Labute approximate surface area is 105 Å². The first-order chi connectivity index (χ1) is 8.36. The molecule has 17 heavy (non-hydrogen) atoms. The zero-order chi connectivity index (χ0) is 12.3. The first kappa shape index (κ1) is 13.6. The molecule has 1 rings (SSSR count). The van der Waals surface area contributed by atoms with Gasteiger partial charge in [-0.1, -0.05) is 43.2 Å². The van der Waals surface area contributed by atoms with Crippen molar-refractivity contribution in [3.8, 4) is 5.75 Å². The highest BCUT2D eigenvalue weighted by Gasteiger charge is 1.98. The zero-order valence-corrected chi connectivity index (χ0v) is 10.5. The van der Waals surface area contributed by atoms with Gasteiger partial charge in [0.05, 0.1) is 6.61 Å². The van der Waals surface area contributed by atoms with Crippen molar-refractivity contribution in [2.45, 2.75) is 25.7 Å². The van der Waals surface area contributed by atoms with Gasteiger partial charge in [0.2, 0.25) is 0 Å². The lowest BCUT2D eigenvalue weighted by Gasteiger charge is -2.07. The van der Waals surface area contributed by atoms with Crippen LogP contribution >= 0.6 is 0 Å². The molecule has 1 aromatic rings. The Balaban J connectivity index is 2.01. The van der Waals surface area contributed by atoms with Gasteiger partial charge >= 0.3 is 0 Å². The number of para-hydroxylation sites is 1. The Morgan fingerprint density at radius 3 is 2.35 bits per heavy atom. The largest absolute Gasteiger partial charge is 0.494 e. The Morgan fingerprint density at radius 2 is 1.71 bits per heavy atom. The van der Waals surface area contributed by atoms with E-state index in [-0.39, 0.29) is 0 Å². The molecule has 0 spiro atoms. The molecule has 0 aliphatic carbocycles. The lowest BCUT2D eigenvalue weighted by molar-refractivity contribution is 0.304. The van der Waals surface area contributed by atoms with E-state index in [9.17, 15) is 0 Å². The van der Waals surface area contributed by atoms with Gasteiger partial charge in [0.1, 0.15) is 5.75 Å². The average Bonchev–Trinajstić information content (AvgIpc) is 2.39. The molecular weight excluding hydrogens is 208 g/mol. The highest BCUT2D eigenvalue weighted by atomic mass is 16.5. The monoisotopic (exact) mass is 230 g/mol. The van der Waals surface area contributed by atoms with Crippen LogP contribution in [-0.2, 0) is 0 Å². The van der Waals surface area contributed by atoms with Crippen LogP contribution in [0.3, 0.4) is 0 Å². The minimum Gasteiger partial charge on any atom is -0.494 e. The van der Waals surface area contributed by atoms with Crippen molar-refractivity contribution < 1.29 is 4.74 Å². The van der Waals surface area contributed by atoms with Gasteiger partial charge in [-0.3, -0.25) is 0 Å². The van der Waals surface area contributed by atoms with Gasteiger partial charge in [0.15, 0.2) is 0 Å². The fourth-order valence-corrected chi connectivity index (χ4v) is 1.70. The van der Waals surface area contributed by atoms with Gasteiger partial charge < -0.3 is 4.74 Å². The van der Waals surface area contributed by atoms with Crippen molar-refractivity contribution in [2.75, 3.05) is 6.61 Å². The molecule has 0 fully saturated rings. The molecule has 0 aliphatic rings. The molecular formula is C16H22O. The maximum atomic E-state index is 5.63. The van der Waals surface area contributed by atoms with Crippen LogP contribution in [0.5, 0.6) is 5.75 Å². The third-order valence-corrected chi connectivity index (χ3v) is 2.80. The van der Waals surface area contributed by atoms with E-state index in [4.69, 9.17) is 4.74 Å². The van der Waals surface area contributed by atoms with Gasteiger partial charge in [0.25, 0.3) is 0 Å². The quantitative estimate of drug-likeness (QED) is 0.444. The molecule has 0 heterocycles. The smallest absolute Gasteiger partial charge is 0.119 e. The zero-order valence-electron chi connectivity index (χ0n) is 10.5.